The Labute approximate surface area is 172 Å². The van der Waals surface area contributed by atoms with Gasteiger partial charge >= 0.3 is 5.97 Å². The first kappa shape index (κ1) is 20.5. The number of aliphatic imine (C=N–C) groups is 1. The van der Waals surface area contributed by atoms with Crippen LogP contribution in [-0.4, -0.2) is 41.9 Å². The van der Waals surface area contributed by atoms with Gasteiger partial charge in [-0.1, -0.05) is 17.8 Å². The van der Waals surface area contributed by atoms with E-state index < -0.39 is 5.97 Å². The zero-order valence-corrected chi connectivity index (χ0v) is 17.0. The quantitative estimate of drug-likeness (QED) is 0.708. The molecule has 1 N–H and O–H groups in total. The summed E-state index contributed by atoms with van der Waals surface area (Å²) >= 11 is 1.17. The Morgan fingerprint density at radius 2 is 2.10 bits per heavy atom. The maximum Gasteiger partial charge on any atom is 0.344 e. The first-order valence-corrected chi connectivity index (χ1v) is 9.60. The lowest BCUT2D eigenvalue weighted by Gasteiger charge is -2.08. The lowest BCUT2D eigenvalue weighted by atomic mass is 10.2. The van der Waals surface area contributed by atoms with Gasteiger partial charge in [-0.3, -0.25) is 4.98 Å². The molecule has 0 aliphatic carbocycles. The summed E-state index contributed by atoms with van der Waals surface area (Å²) in [5, 5.41) is 11.0. The molecule has 8 heteroatoms. The summed E-state index contributed by atoms with van der Waals surface area (Å²) in [6, 6.07) is 8.78. The third kappa shape index (κ3) is 4.60. The topological polar surface area (TPSA) is 90.2 Å². The number of aliphatic hydroxyl groups is 1. The van der Waals surface area contributed by atoms with E-state index in [1.54, 1.807) is 56.8 Å². The minimum atomic E-state index is -0.640. The number of pyridine rings is 1. The van der Waals surface area contributed by atoms with Crippen LogP contribution in [0.3, 0.4) is 0 Å². The summed E-state index contributed by atoms with van der Waals surface area (Å²) < 4.78 is 15.7. The molecular formula is C21H20N2O5S. The Morgan fingerprint density at radius 3 is 2.76 bits per heavy atom. The molecule has 3 rings (SSSR count). The van der Waals surface area contributed by atoms with Crippen molar-refractivity contribution in [2.45, 2.75) is 6.92 Å². The van der Waals surface area contributed by atoms with Gasteiger partial charge in [-0.25, -0.2) is 9.79 Å². The molecule has 1 aromatic carbocycles. The monoisotopic (exact) mass is 412 g/mol. The molecule has 0 saturated heterocycles. The van der Waals surface area contributed by atoms with Crippen LogP contribution in [0.5, 0.6) is 11.5 Å². The number of hydrogen-bond donors (Lipinski definition) is 1. The number of esters is 1. The molecule has 0 unspecified atom stereocenters. The van der Waals surface area contributed by atoms with Crippen molar-refractivity contribution in [3.05, 3.63) is 64.5 Å². The molecule has 2 heterocycles. The predicted molar refractivity (Wildman–Crippen MR) is 113 cm³/mol. The van der Waals surface area contributed by atoms with E-state index in [-0.39, 0.29) is 17.9 Å². The van der Waals surface area contributed by atoms with Gasteiger partial charge in [0.05, 0.1) is 25.7 Å². The van der Waals surface area contributed by atoms with Gasteiger partial charge < -0.3 is 19.3 Å². The van der Waals surface area contributed by atoms with Gasteiger partial charge in [0.1, 0.15) is 33.6 Å². The molecule has 0 fully saturated rings. The van der Waals surface area contributed by atoms with Crippen LogP contribution in [0.4, 0.5) is 5.69 Å². The molecule has 1 aliphatic rings. The normalized spacial score (nSPS) is 16.4. The van der Waals surface area contributed by atoms with Gasteiger partial charge in [-0.15, -0.1) is 0 Å². The molecule has 1 aromatic heterocycles. The van der Waals surface area contributed by atoms with E-state index in [0.29, 0.717) is 27.1 Å². The molecule has 0 bridgehead atoms. The average molecular weight is 412 g/mol. The fraction of sp³-hybridized carbons (Fsp3) is 0.190. The van der Waals surface area contributed by atoms with Crippen LogP contribution in [0.1, 0.15) is 12.5 Å². The summed E-state index contributed by atoms with van der Waals surface area (Å²) in [6.45, 7) is 1.88. The third-order valence-electron chi connectivity index (χ3n) is 3.96. The highest BCUT2D eigenvalue weighted by atomic mass is 32.2. The molecule has 0 radical (unpaired) electrons. The second-order valence-electron chi connectivity index (χ2n) is 5.80. The third-order valence-corrected chi connectivity index (χ3v) is 4.98. The van der Waals surface area contributed by atoms with E-state index in [1.807, 2.05) is 6.07 Å². The number of hydrogen-bond acceptors (Lipinski definition) is 8. The number of methoxy groups -OCH3 is 2. The average Bonchev–Trinajstić information content (AvgIpc) is 3.04. The number of carbonyl (C=O) groups excluding carboxylic acids is 1. The van der Waals surface area contributed by atoms with Gasteiger partial charge in [0.25, 0.3) is 0 Å². The van der Waals surface area contributed by atoms with E-state index in [2.05, 4.69) is 9.98 Å². The number of carbonyl (C=O) groups is 1. The summed E-state index contributed by atoms with van der Waals surface area (Å²) in [5.74, 6) is 0.276. The highest BCUT2D eigenvalue weighted by molar-refractivity contribution is 8.18. The van der Waals surface area contributed by atoms with Crippen molar-refractivity contribution in [1.82, 2.24) is 4.98 Å². The van der Waals surface area contributed by atoms with E-state index >= 15 is 0 Å². The Bertz CT molecular complexity index is 999. The number of ether oxygens (including phenoxy) is 3. The van der Waals surface area contributed by atoms with Crippen molar-refractivity contribution in [3.8, 4) is 11.5 Å². The largest absolute Gasteiger partial charge is 0.506 e. The molecule has 0 spiro atoms. The standard InChI is InChI=1S/C21H20N2O5S/c1-4-28-21(25)18-19(24)17(10-13-6-5-9-22-12-13)29-20(18)23-15-8-7-14(26-2)11-16(15)27-3/h5-12,24H,4H2,1-3H3/b17-10+,23-20?. The zero-order valence-electron chi connectivity index (χ0n) is 16.2. The highest BCUT2D eigenvalue weighted by Crippen LogP contribution is 2.42. The SMILES string of the molecule is CCOC(=O)C1=C(O)/C(=C\c2cccnc2)SC1=Nc1ccc(OC)cc1OC. The Morgan fingerprint density at radius 1 is 1.28 bits per heavy atom. The summed E-state index contributed by atoms with van der Waals surface area (Å²) in [7, 11) is 3.08. The summed E-state index contributed by atoms with van der Waals surface area (Å²) in [4.78, 5) is 21.6. The maximum absolute atomic E-state index is 12.5. The van der Waals surface area contributed by atoms with E-state index in [0.717, 1.165) is 5.56 Å². The van der Waals surface area contributed by atoms with Crippen LogP contribution < -0.4 is 9.47 Å². The van der Waals surface area contributed by atoms with Gasteiger partial charge in [0, 0.05) is 18.5 Å². The van der Waals surface area contributed by atoms with E-state index in [4.69, 9.17) is 14.2 Å². The van der Waals surface area contributed by atoms with Crippen LogP contribution in [0.15, 0.2) is 64.0 Å². The fourth-order valence-electron chi connectivity index (χ4n) is 2.59. The number of benzene rings is 1. The Balaban J connectivity index is 2.07. The van der Waals surface area contributed by atoms with Crippen LogP contribution in [0, 0.1) is 0 Å². The molecule has 0 saturated carbocycles. The van der Waals surface area contributed by atoms with Gasteiger partial charge in [0.15, 0.2) is 0 Å². The van der Waals surface area contributed by atoms with Crippen molar-refractivity contribution in [1.29, 1.82) is 0 Å². The number of rotatable bonds is 6. The van der Waals surface area contributed by atoms with Gasteiger partial charge in [-0.05, 0) is 36.8 Å². The smallest absolute Gasteiger partial charge is 0.344 e. The van der Waals surface area contributed by atoms with Crippen LogP contribution in [0.25, 0.3) is 6.08 Å². The van der Waals surface area contributed by atoms with Crippen molar-refractivity contribution in [3.63, 3.8) is 0 Å². The number of aromatic nitrogens is 1. The van der Waals surface area contributed by atoms with Crippen LogP contribution in [0.2, 0.25) is 0 Å². The fourth-order valence-corrected chi connectivity index (χ4v) is 3.62. The minimum Gasteiger partial charge on any atom is -0.506 e. The lowest BCUT2D eigenvalue weighted by Crippen LogP contribution is -2.12. The molecule has 150 valence electrons. The predicted octanol–water partition coefficient (Wildman–Crippen LogP) is 4.29. The number of aliphatic hydroxyl groups excluding tert-OH is 1. The second kappa shape index (κ2) is 9.29. The van der Waals surface area contributed by atoms with Crippen molar-refractivity contribution >= 4 is 34.5 Å². The first-order chi connectivity index (χ1) is 14.1. The van der Waals surface area contributed by atoms with Crippen molar-refractivity contribution in [2.24, 2.45) is 4.99 Å². The molecule has 0 atom stereocenters. The van der Waals surface area contributed by atoms with Crippen LogP contribution >= 0.6 is 11.8 Å². The van der Waals surface area contributed by atoms with Gasteiger partial charge in [0.2, 0.25) is 0 Å². The van der Waals surface area contributed by atoms with E-state index in [1.165, 1.54) is 18.9 Å². The molecule has 2 aromatic rings. The molecule has 7 nitrogen and oxygen atoms in total. The van der Waals surface area contributed by atoms with Crippen LogP contribution in [-0.2, 0) is 9.53 Å². The van der Waals surface area contributed by atoms with Crippen molar-refractivity contribution in [2.75, 3.05) is 20.8 Å². The minimum absolute atomic E-state index is 0.0184. The molecule has 29 heavy (non-hydrogen) atoms. The van der Waals surface area contributed by atoms with Crippen molar-refractivity contribution < 1.29 is 24.1 Å². The van der Waals surface area contributed by atoms with Gasteiger partial charge in [-0.2, -0.15) is 0 Å². The molecule has 0 amide bonds. The maximum atomic E-state index is 12.5. The number of nitrogens with zero attached hydrogens (tertiary/aromatic N) is 2. The van der Waals surface area contributed by atoms with E-state index in [9.17, 15) is 9.90 Å². The second-order valence-corrected chi connectivity index (χ2v) is 6.83. The lowest BCUT2D eigenvalue weighted by molar-refractivity contribution is -0.138. The zero-order chi connectivity index (χ0) is 20.8. The Kier molecular flexibility index (Phi) is 6.56. The highest BCUT2D eigenvalue weighted by Gasteiger charge is 2.33. The Hall–Kier alpha value is -3.26. The summed E-state index contributed by atoms with van der Waals surface area (Å²) in [5.41, 5.74) is 1.30. The first-order valence-electron chi connectivity index (χ1n) is 8.78. The molecular weight excluding hydrogens is 392 g/mol. The number of thioether (sulfide) groups is 1. The summed E-state index contributed by atoms with van der Waals surface area (Å²) in [6.07, 6.45) is 5.05. The molecule has 1 aliphatic heterocycles.